The monoisotopic (exact) mass is 305 g/mol. The lowest BCUT2D eigenvalue weighted by atomic mass is 9.98. The van der Waals surface area contributed by atoms with Crippen LogP contribution >= 0.6 is 11.3 Å². The Morgan fingerprint density at radius 1 is 1.52 bits per heavy atom. The van der Waals surface area contributed by atoms with Gasteiger partial charge in [-0.25, -0.2) is 9.78 Å². The van der Waals surface area contributed by atoms with Gasteiger partial charge in [-0.15, -0.1) is 11.3 Å². The molecule has 1 aliphatic rings. The van der Waals surface area contributed by atoms with Gasteiger partial charge in [0.15, 0.2) is 0 Å². The Morgan fingerprint density at radius 2 is 2.33 bits per heavy atom. The maximum absolute atomic E-state index is 11.1. The van der Waals surface area contributed by atoms with Crippen LogP contribution in [0.25, 0.3) is 0 Å². The van der Waals surface area contributed by atoms with Crippen molar-refractivity contribution in [2.75, 3.05) is 13.7 Å². The highest BCUT2D eigenvalue weighted by Gasteiger charge is 2.28. The van der Waals surface area contributed by atoms with Crippen LogP contribution in [0.4, 0.5) is 0 Å². The van der Waals surface area contributed by atoms with Crippen molar-refractivity contribution >= 4 is 17.3 Å². The first-order valence-corrected chi connectivity index (χ1v) is 7.41. The van der Waals surface area contributed by atoms with Gasteiger partial charge in [-0.1, -0.05) is 6.07 Å². The van der Waals surface area contributed by atoms with Gasteiger partial charge in [0.2, 0.25) is 5.88 Å². The maximum Gasteiger partial charge on any atom is 0.345 e. The quantitative estimate of drug-likeness (QED) is 0.944. The number of carbonyl (C=O) groups is 1. The smallest absolute Gasteiger partial charge is 0.345 e. The van der Waals surface area contributed by atoms with Crippen LogP contribution in [0.5, 0.6) is 5.88 Å². The van der Waals surface area contributed by atoms with E-state index in [0.717, 1.165) is 28.1 Å². The first-order chi connectivity index (χ1) is 10.1. The predicted molar refractivity (Wildman–Crippen MR) is 78.3 cm³/mol. The third-order valence-corrected chi connectivity index (χ3v) is 4.60. The highest BCUT2D eigenvalue weighted by molar-refractivity contribution is 7.14. The summed E-state index contributed by atoms with van der Waals surface area (Å²) in [5.74, 6) is -0.375. The number of hydrogen-bond donors (Lipinski definition) is 1. The van der Waals surface area contributed by atoms with E-state index in [2.05, 4.69) is 4.98 Å². The lowest BCUT2D eigenvalue weighted by molar-refractivity contribution is 0.0654. The zero-order valence-electron chi connectivity index (χ0n) is 11.8. The predicted octanol–water partition coefficient (Wildman–Crippen LogP) is 2.82. The van der Waals surface area contributed by atoms with Crippen LogP contribution in [0.2, 0.25) is 0 Å². The van der Waals surface area contributed by atoms with Crippen molar-refractivity contribution in [1.29, 1.82) is 0 Å². The molecule has 0 fully saturated rings. The van der Waals surface area contributed by atoms with E-state index < -0.39 is 5.97 Å². The summed E-state index contributed by atoms with van der Waals surface area (Å²) in [5, 5.41) is 9.13. The molecule has 0 saturated carbocycles. The van der Waals surface area contributed by atoms with E-state index in [1.807, 2.05) is 19.1 Å². The molecule has 3 heterocycles. The molecule has 3 rings (SSSR count). The minimum atomic E-state index is -0.913. The molecule has 2 aromatic heterocycles. The first-order valence-electron chi connectivity index (χ1n) is 6.59. The number of carboxylic acids is 1. The molecular weight excluding hydrogens is 290 g/mol. The molecule has 1 unspecified atom stereocenters. The topological polar surface area (TPSA) is 68.7 Å². The number of aromatic carboxylic acids is 1. The van der Waals surface area contributed by atoms with Gasteiger partial charge in [-0.3, -0.25) is 0 Å². The molecule has 6 heteroatoms. The Bertz CT molecular complexity index is 695. The van der Waals surface area contributed by atoms with E-state index in [0.29, 0.717) is 17.4 Å². The van der Waals surface area contributed by atoms with Crippen LogP contribution in [0.3, 0.4) is 0 Å². The summed E-state index contributed by atoms with van der Waals surface area (Å²) < 4.78 is 11.0. The highest BCUT2D eigenvalue weighted by Crippen LogP contribution is 2.37. The summed E-state index contributed by atoms with van der Waals surface area (Å²) in [7, 11) is 1.58. The Labute approximate surface area is 126 Å². The van der Waals surface area contributed by atoms with Crippen LogP contribution in [0.1, 0.15) is 37.5 Å². The van der Waals surface area contributed by atoms with Crippen LogP contribution in [0.15, 0.2) is 18.2 Å². The molecule has 0 aromatic carbocycles. The maximum atomic E-state index is 11.1. The van der Waals surface area contributed by atoms with Gasteiger partial charge >= 0.3 is 5.97 Å². The fourth-order valence-electron chi connectivity index (χ4n) is 2.50. The van der Waals surface area contributed by atoms with E-state index >= 15 is 0 Å². The summed E-state index contributed by atoms with van der Waals surface area (Å²) >= 11 is 1.26. The van der Waals surface area contributed by atoms with Crippen molar-refractivity contribution in [1.82, 2.24) is 4.98 Å². The molecular formula is C15H15NO4S. The fourth-order valence-corrected chi connectivity index (χ4v) is 3.39. The molecule has 0 radical (unpaired) electrons. The molecule has 0 bridgehead atoms. The molecule has 5 nitrogen and oxygen atoms in total. The first kappa shape index (κ1) is 14.0. The van der Waals surface area contributed by atoms with E-state index in [4.69, 9.17) is 14.6 Å². The van der Waals surface area contributed by atoms with Gasteiger partial charge in [0, 0.05) is 16.5 Å². The molecule has 1 atom stereocenters. The van der Waals surface area contributed by atoms with Crippen LogP contribution < -0.4 is 4.74 Å². The number of fused-ring (bicyclic) bond motifs is 1. The van der Waals surface area contributed by atoms with Gasteiger partial charge in [0.1, 0.15) is 11.0 Å². The standard InChI is InChI=1S/C15H15NO4S/c1-8-10(7-11(21-8)15(17)18)14-13-9(5-6-20-14)3-4-12(16-13)19-2/h3-4,7,14H,5-6H2,1-2H3,(H,17,18). The summed E-state index contributed by atoms with van der Waals surface area (Å²) in [4.78, 5) is 16.9. The lowest BCUT2D eigenvalue weighted by Crippen LogP contribution is -2.19. The van der Waals surface area contributed by atoms with Gasteiger partial charge in [-0.2, -0.15) is 0 Å². The van der Waals surface area contributed by atoms with Crippen molar-refractivity contribution in [3.8, 4) is 5.88 Å². The fraction of sp³-hybridized carbons (Fsp3) is 0.333. The second kappa shape index (κ2) is 5.46. The van der Waals surface area contributed by atoms with Gasteiger partial charge in [0.25, 0.3) is 0 Å². The minimum Gasteiger partial charge on any atom is -0.481 e. The largest absolute Gasteiger partial charge is 0.481 e. The molecule has 1 aliphatic heterocycles. The Balaban J connectivity index is 2.07. The number of aromatic nitrogens is 1. The molecule has 21 heavy (non-hydrogen) atoms. The third kappa shape index (κ3) is 2.52. The summed E-state index contributed by atoms with van der Waals surface area (Å²) in [6.07, 6.45) is 0.478. The number of hydrogen-bond acceptors (Lipinski definition) is 5. The third-order valence-electron chi connectivity index (χ3n) is 3.55. The SMILES string of the molecule is COc1ccc2c(n1)C(c1cc(C(=O)O)sc1C)OCC2. The van der Waals surface area contributed by atoms with Gasteiger partial charge in [-0.05, 0) is 25.0 Å². The zero-order valence-corrected chi connectivity index (χ0v) is 12.6. The van der Waals surface area contributed by atoms with E-state index in [-0.39, 0.29) is 6.10 Å². The number of aryl methyl sites for hydroxylation is 1. The van der Waals surface area contributed by atoms with Crippen molar-refractivity contribution in [2.24, 2.45) is 0 Å². The second-order valence-electron chi connectivity index (χ2n) is 4.83. The summed E-state index contributed by atoms with van der Waals surface area (Å²) in [5.41, 5.74) is 2.81. The number of nitrogens with zero attached hydrogens (tertiary/aromatic N) is 1. The Hall–Kier alpha value is -1.92. The average Bonchev–Trinajstić information content (AvgIpc) is 2.88. The number of ether oxygens (including phenoxy) is 2. The Morgan fingerprint density at radius 3 is 3.00 bits per heavy atom. The molecule has 0 spiro atoms. The van der Waals surface area contributed by atoms with Crippen molar-refractivity contribution < 1.29 is 19.4 Å². The van der Waals surface area contributed by atoms with Crippen molar-refractivity contribution in [2.45, 2.75) is 19.4 Å². The second-order valence-corrected chi connectivity index (χ2v) is 6.08. The Kier molecular flexibility index (Phi) is 3.65. The lowest BCUT2D eigenvalue weighted by Gasteiger charge is -2.25. The van der Waals surface area contributed by atoms with E-state index in [9.17, 15) is 4.79 Å². The van der Waals surface area contributed by atoms with Crippen molar-refractivity contribution in [3.63, 3.8) is 0 Å². The highest BCUT2D eigenvalue weighted by atomic mass is 32.1. The molecule has 0 aliphatic carbocycles. The number of carboxylic acid groups (broad SMARTS) is 1. The zero-order chi connectivity index (χ0) is 15.0. The molecule has 0 amide bonds. The number of thiophene rings is 1. The summed E-state index contributed by atoms with van der Waals surface area (Å²) in [6, 6.07) is 5.52. The number of pyridine rings is 1. The van der Waals surface area contributed by atoms with Crippen LogP contribution in [0, 0.1) is 6.92 Å². The van der Waals surface area contributed by atoms with Crippen molar-refractivity contribution in [3.05, 3.63) is 44.8 Å². The summed E-state index contributed by atoms with van der Waals surface area (Å²) in [6.45, 7) is 2.51. The molecule has 2 aromatic rings. The average molecular weight is 305 g/mol. The number of rotatable bonds is 3. The molecule has 0 saturated heterocycles. The van der Waals surface area contributed by atoms with Crippen LogP contribution in [-0.4, -0.2) is 29.8 Å². The number of methoxy groups -OCH3 is 1. The van der Waals surface area contributed by atoms with Crippen LogP contribution in [-0.2, 0) is 11.2 Å². The van der Waals surface area contributed by atoms with E-state index in [1.54, 1.807) is 13.2 Å². The van der Waals surface area contributed by atoms with Gasteiger partial charge in [0.05, 0.1) is 19.4 Å². The van der Waals surface area contributed by atoms with E-state index in [1.165, 1.54) is 11.3 Å². The minimum absolute atomic E-state index is 0.320. The van der Waals surface area contributed by atoms with Gasteiger partial charge < -0.3 is 14.6 Å². The molecule has 1 N–H and O–H groups in total. The normalized spacial score (nSPS) is 17.3. The molecule has 110 valence electrons.